The van der Waals surface area contributed by atoms with E-state index in [1.54, 1.807) is 14.2 Å². The number of nitrogens with two attached hydrogens (primary N) is 1. The number of ether oxygens (including phenoxy) is 2. The highest BCUT2D eigenvalue weighted by molar-refractivity contribution is 5.85. The third kappa shape index (κ3) is 4.75. The zero-order valence-corrected chi connectivity index (χ0v) is 14.9. The summed E-state index contributed by atoms with van der Waals surface area (Å²) in [5.41, 5.74) is 6.80. The maximum Gasteiger partial charge on any atom is 0.225 e. The standard InChI is InChI=1S/C17H26N2O3.ClH/c1-17(18)9-5-4-6-14(17)16(20)19-11-12-7-8-13(21-2)10-15(12)22-3;/h7-8,10,14H,4-6,9,11,18H2,1-3H3,(H,19,20);1H. The van der Waals surface area contributed by atoms with Crippen LogP contribution in [0.1, 0.15) is 38.2 Å². The summed E-state index contributed by atoms with van der Waals surface area (Å²) >= 11 is 0. The third-order valence-electron chi connectivity index (χ3n) is 4.52. The van der Waals surface area contributed by atoms with Gasteiger partial charge in [-0.25, -0.2) is 0 Å². The molecule has 3 N–H and O–H groups in total. The Morgan fingerprint density at radius 2 is 2.09 bits per heavy atom. The van der Waals surface area contributed by atoms with Crippen molar-refractivity contribution in [1.29, 1.82) is 0 Å². The van der Waals surface area contributed by atoms with Gasteiger partial charge in [-0.1, -0.05) is 12.8 Å². The SMILES string of the molecule is COc1ccc(CNC(=O)C2CCCCC2(C)N)c(OC)c1.Cl. The van der Waals surface area contributed by atoms with Gasteiger partial charge in [-0.05, 0) is 31.9 Å². The molecule has 130 valence electrons. The summed E-state index contributed by atoms with van der Waals surface area (Å²) in [6.07, 6.45) is 3.93. The van der Waals surface area contributed by atoms with Gasteiger partial charge in [0.15, 0.2) is 0 Å². The molecule has 0 radical (unpaired) electrons. The highest BCUT2D eigenvalue weighted by atomic mass is 35.5. The molecule has 1 aliphatic carbocycles. The average Bonchev–Trinajstić information content (AvgIpc) is 2.52. The summed E-state index contributed by atoms with van der Waals surface area (Å²) in [5.74, 6) is 1.35. The molecular formula is C17H27ClN2O3. The minimum absolute atomic E-state index is 0. The predicted molar refractivity (Wildman–Crippen MR) is 93.2 cm³/mol. The number of methoxy groups -OCH3 is 2. The number of nitrogens with one attached hydrogen (secondary N) is 1. The van der Waals surface area contributed by atoms with E-state index in [0.717, 1.165) is 37.0 Å². The summed E-state index contributed by atoms with van der Waals surface area (Å²) in [4.78, 5) is 12.5. The van der Waals surface area contributed by atoms with Crippen LogP contribution in [0.3, 0.4) is 0 Å². The van der Waals surface area contributed by atoms with E-state index in [0.29, 0.717) is 12.3 Å². The van der Waals surface area contributed by atoms with Gasteiger partial charge >= 0.3 is 0 Å². The number of hydrogen-bond donors (Lipinski definition) is 2. The van der Waals surface area contributed by atoms with E-state index in [1.165, 1.54) is 0 Å². The quantitative estimate of drug-likeness (QED) is 0.862. The fraction of sp³-hybridized carbons (Fsp3) is 0.588. The molecule has 1 saturated carbocycles. The lowest BCUT2D eigenvalue weighted by molar-refractivity contribution is -0.128. The molecule has 0 saturated heterocycles. The zero-order chi connectivity index (χ0) is 16.2. The summed E-state index contributed by atoms with van der Waals surface area (Å²) < 4.78 is 10.5. The van der Waals surface area contributed by atoms with Gasteiger partial charge in [-0.2, -0.15) is 0 Å². The summed E-state index contributed by atoms with van der Waals surface area (Å²) in [6, 6.07) is 5.58. The summed E-state index contributed by atoms with van der Waals surface area (Å²) in [5, 5.41) is 3.00. The molecule has 1 amide bonds. The van der Waals surface area contributed by atoms with Crippen LogP contribution in [-0.4, -0.2) is 25.7 Å². The van der Waals surface area contributed by atoms with Gasteiger partial charge in [-0.3, -0.25) is 4.79 Å². The lowest BCUT2D eigenvalue weighted by Gasteiger charge is -2.37. The number of amides is 1. The smallest absolute Gasteiger partial charge is 0.225 e. The molecule has 0 spiro atoms. The van der Waals surface area contributed by atoms with E-state index in [1.807, 2.05) is 25.1 Å². The Morgan fingerprint density at radius 3 is 2.70 bits per heavy atom. The lowest BCUT2D eigenvalue weighted by Crippen LogP contribution is -2.52. The van der Waals surface area contributed by atoms with Crippen molar-refractivity contribution in [1.82, 2.24) is 5.32 Å². The fourth-order valence-electron chi connectivity index (χ4n) is 3.09. The highest BCUT2D eigenvalue weighted by Crippen LogP contribution is 2.32. The van der Waals surface area contributed by atoms with Crippen LogP contribution < -0.4 is 20.5 Å². The largest absolute Gasteiger partial charge is 0.497 e. The van der Waals surface area contributed by atoms with E-state index in [4.69, 9.17) is 15.2 Å². The molecule has 0 heterocycles. The van der Waals surface area contributed by atoms with E-state index >= 15 is 0 Å². The Bertz CT molecular complexity index is 535. The molecule has 2 atom stereocenters. The maximum absolute atomic E-state index is 12.5. The highest BCUT2D eigenvalue weighted by Gasteiger charge is 2.37. The van der Waals surface area contributed by atoms with Crippen molar-refractivity contribution in [3.05, 3.63) is 23.8 Å². The Kier molecular flexibility index (Phi) is 7.16. The molecule has 0 aliphatic heterocycles. The van der Waals surface area contributed by atoms with Gasteiger partial charge in [0.05, 0.1) is 20.1 Å². The molecular weight excluding hydrogens is 316 g/mol. The molecule has 1 aromatic rings. The Morgan fingerprint density at radius 1 is 1.35 bits per heavy atom. The molecule has 5 nitrogen and oxygen atoms in total. The first-order valence-electron chi connectivity index (χ1n) is 7.75. The molecule has 1 aliphatic rings. The zero-order valence-electron chi connectivity index (χ0n) is 14.1. The second-order valence-electron chi connectivity index (χ2n) is 6.20. The van der Waals surface area contributed by atoms with Crippen molar-refractivity contribution in [2.75, 3.05) is 14.2 Å². The van der Waals surface area contributed by atoms with Crippen molar-refractivity contribution in [2.45, 2.75) is 44.7 Å². The number of halogens is 1. The minimum atomic E-state index is -0.410. The van der Waals surface area contributed by atoms with Crippen LogP contribution in [0, 0.1) is 5.92 Å². The first-order chi connectivity index (χ1) is 10.5. The molecule has 0 bridgehead atoms. The third-order valence-corrected chi connectivity index (χ3v) is 4.52. The van der Waals surface area contributed by atoms with E-state index in [9.17, 15) is 4.79 Å². The van der Waals surface area contributed by atoms with Crippen LogP contribution in [-0.2, 0) is 11.3 Å². The van der Waals surface area contributed by atoms with Gasteiger partial charge < -0.3 is 20.5 Å². The van der Waals surface area contributed by atoms with Crippen molar-refractivity contribution < 1.29 is 14.3 Å². The summed E-state index contributed by atoms with van der Waals surface area (Å²) in [7, 11) is 3.22. The molecule has 23 heavy (non-hydrogen) atoms. The normalized spacial score (nSPS) is 23.6. The molecule has 1 fully saturated rings. The molecule has 2 unspecified atom stereocenters. The molecule has 1 aromatic carbocycles. The Labute approximate surface area is 144 Å². The number of rotatable bonds is 5. The van der Waals surface area contributed by atoms with Crippen LogP contribution in [0.15, 0.2) is 18.2 Å². The monoisotopic (exact) mass is 342 g/mol. The Balaban J connectivity index is 0.00000264. The van der Waals surface area contributed by atoms with Crippen LogP contribution in [0.2, 0.25) is 0 Å². The number of hydrogen-bond acceptors (Lipinski definition) is 4. The van der Waals surface area contributed by atoms with Crippen molar-refractivity contribution in [3.63, 3.8) is 0 Å². The van der Waals surface area contributed by atoms with Crippen molar-refractivity contribution in [2.24, 2.45) is 11.7 Å². The van der Waals surface area contributed by atoms with Crippen molar-refractivity contribution >= 4 is 18.3 Å². The van der Waals surface area contributed by atoms with Gasteiger partial charge in [0.25, 0.3) is 0 Å². The summed E-state index contributed by atoms with van der Waals surface area (Å²) in [6.45, 7) is 2.41. The topological polar surface area (TPSA) is 73.6 Å². The second-order valence-corrected chi connectivity index (χ2v) is 6.20. The predicted octanol–water partition coefficient (Wildman–Crippen LogP) is 2.65. The van der Waals surface area contributed by atoms with E-state index in [2.05, 4.69) is 5.32 Å². The van der Waals surface area contributed by atoms with Gasteiger partial charge in [0, 0.05) is 23.7 Å². The number of carbonyl (C=O) groups excluding carboxylic acids is 1. The fourth-order valence-corrected chi connectivity index (χ4v) is 3.09. The van der Waals surface area contributed by atoms with Gasteiger partial charge in [0.1, 0.15) is 11.5 Å². The van der Waals surface area contributed by atoms with Gasteiger partial charge in [-0.15, -0.1) is 12.4 Å². The number of carbonyl (C=O) groups is 1. The number of benzene rings is 1. The minimum Gasteiger partial charge on any atom is -0.497 e. The molecule has 2 rings (SSSR count). The lowest BCUT2D eigenvalue weighted by atomic mass is 9.74. The van der Waals surface area contributed by atoms with Gasteiger partial charge in [0.2, 0.25) is 5.91 Å². The van der Waals surface area contributed by atoms with E-state index in [-0.39, 0.29) is 24.2 Å². The maximum atomic E-state index is 12.5. The second kappa shape index (κ2) is 8.41. The van der Waals surface area contributed by atoms with E-state index < -0.39 is 5.54 Å². The van der Waals surface area contributed by atoms with Crippen LogP contribution >= 0.6 is 12.4 Å². The van der Waals surface area contributed by atoms with Crippen LogP contribution in [0.25, 0.3) is 0 Å². The first-order valence-corrected chi connectivity index (χ1v) is 7.75. The molecule has 6 heteroatoms. The van der Waals surface area contributed by atoms with Crippen LogP contribution in [0.5, 0.6) is 11.5 Å². The van der Waals surface area contributed by atoms with Crippen LogP contribution in [0.4, 0.5) is 0 Å². The Hall–Kier alpha value is -1.46. The first kappa shape index (κ1) is 19.6. The van der Waals surface area contributed by atoms with Crippen molar-refractivity contribution in [3.8, 4) is 11.5 Å². The molecule has 0 aromatic heterocycles. The average molecular weight is 343 g/mol.